The van der Waals surface area contributed by atoms with Gasteiger partial charge < -0.3 is 9.64 Å². The Kier molecular flexibility index (Phi) is 4.73. The zero-order valence-electron chi connectivity index (χ0n) is 8.53. The van der Waals surface area contributed by atoms with E-state index >= 15 is 0 Å². The third-order valence-corrected chi connectivity index (χ3v) is 2.19. The minimum Gasteiger partial charge on any atom is -0.490 e. The molecule has 0 saturated heterocycles. The Morgan fingerprint density at radius 2 is 2.36 bits per heavy atom. The molecule has 1 rings (SSSR count). The summed E-state index contributed by atoms with van der Waals surface area (Å²) in [4.78, 5) is 6.37. The molecule has 0 radical (unpaired) electrons. The van der Waals surface area contributed by atoms with Gasteiger partial charge in [0.1, 0.15) is 0 Å². The average molecular weight is 259 g/mol. The monoisotopic (exact) mass is 258 g/mol. The van der Waals surface area contributed by atoms with Crippen molar-refractivity contribution in [2.75, 3.05) is 30.4 Å². The molecule has 0 spiro atoms. The molecule has 0 amide bonds. The third kappa shape index (κ3) is 2.87. The second-order valence-electron chi connectivity index (χ2n) is 2.87. The maximum absolute atomic E-state index is 5.48. The molecule has 78 valence electrons. The van der Waals surface area contributed by atoms with Crippen LogP contribution in [0.3, 0.4) is 0 Å². The molecule has 0 N–H and O–H groups in total. The number of hydrogen-bond donors (Lipinski definition) is 0. The molecule has 0 saturated carbocycles. The van der Waals surface area contributed by atoms with Gasteiger partial charge in [0, 0.05) is 25.1 Å². The van der Waals surface area contributed by atoms with Gasteiger partial charge >= 0.3 is 0 Å². The first-order valence-electron chi connectivity index (χ1n) is 4.64. The standard InChI is InChI=1S/C10H15BrN2O/c1-3-14-9-5-4-7-12-10(9)13(2)8-6-11/h4-5,7H,3,6,8H2,1-2H3. The normalized spacial score (nSPS) is 9.93. The highest BCUT2D eigenvalue weighted by molar-refractivity contribution is 9.09. The van der Waals surface area contributed by atoms with Gasteiger partial charge in [0.2, 0.25) is 0 Å². The van der Waals surface area contributed by atoms with Crippen molar-refractivity contribution >= 4 is 21.7 Å². The van der Waals surface area contributed by atoms with E-state index in [1.807, 2.05) is 26.1 Å². The van der Waals surface area contributed by atoms with E-state index in [0.29, 0.717) is 6.61 Å². The number of ether oxygens (including phenoxy) is 1. The summed E-state index contributed by atoms with van der Waals surface area (Å²) >= 11 is 3.40. The van der Waals surface area contributed by atoms with Gasteiger partial charge in [-0.05, 0) is 19.1 Å². The van der Waals surface area contributed by atoms with Gasteiger partial charge in [0.15, 0.2) is 11.6 Å². The lowest BCUT2D eigenvalue weighted by atomic mass is 10.4. The number of pyridine rings is 1. The smallest absolute Gasteiger partial charge is 0.171 e. The Balaban J connectivity index is 2.82. The molecule has 0 aliphatic heterocycles. The lowest BCUT2D eigenvalue weighted by Gasteiger charge is -2.19. The van der Waals surface area contributed by atoms with Crippen LogP contribution in [0.2, 0.25) is 0 Å². The molecule has 0 aliphatic carbocycles. The molecule has 0 unspecified atom stereocenters. The van der Waals surface area contributed by atoms with Crippen LogP contribution in [-0.2, 0) is 0 Å². The molecule has 0 aromatic carbocycles. The summed E-state index contributed by atoms with van der Waals surface area (Å²) in [6.07, 6.45) is 1.78. The molecule has 0 atom stereocenters. The number of aromatic nitrogens is 1. The van der Waals surface area contributed by atoms with Crippen molar-refractivity contribution < 1.29 is 4.74 Å². The van der Waals surface area contributed by atoms with Crippen LogP contribution in [0.25, 0.3) is 0 Å². The molecule has 0 aliphatic rings. The SMILES string of the molecule is CCOc1cccnc1N(C)CCBr. The summed E-state index contributed by atoms with van der Waals surface area (Å²) < 4.78 is 5.48. The fraction of sp³-hybridized carbons (Fsp3) is 0.500. The molecule has 1 aromatic rings. The summed E-state index contributed by atoms with van der Waals surface area (Å²) in [6, 6.07) is 3.83. The molecule has 0 bridgehead atoms. The van der Waals surface area contributed by atoms with Crippen molar-refractivity contribution in [3.05, 3.63) is 18.3 Å². The average Bonchev–Trinajstić information content (AvgIpc) is 2.19. The Morgan fingerprint density at radius 3 is 3.00 bits per heavy atom. The molecule has 0 fully saturated rings. The molecule has 14 heavy (non-hydrogen) atoms. The van der Waals surface area contributed by atoms with Gasteiger partial charge in [-0.2, -0.15) is 0 Å². The first kappa shape index (κ1) is 11.3. The van der Waals surface area contributed by atoms with Crippen LogP contribution < -0.4 is 9.64 Å². The van der Waals surface area contributed by atoms with Crippen LogP contribution in [0, 0.1) is 0 Å². The van der Waals surface area contributed by atoms with Crippen molar-refractivity contribution in [3.8, 4) is 5.75 Å². The van der Waals surface area contributed by atoms with Gasteiger partial charge in [-0.1, -0.05) is 15.9 Å². The molecular formula is C10H15BrN2O. The fourth-order valence-electron chi connectivity index (χ4n) is 1.17. The fourth-order valence-corrected chi connectivity index (χ4v) is 1.70. The Labute approximate surface area is 93.2 Å². The Bertz CT molecular complexity index is 281. The topological polar surface area (TPSA) is 25.4 Å². The van der Waals surface area contributed by atoms with Crippen molar-refractivity contribution in [3.63, 3.8) is 0 Å². The van der Waals surface area contributed by atoms with Crippen LogP contribution in [0.1, 0.15) is 6.92 Å². The lowest BCUT2D eigenvalue weighted by molar-refractivity contribution is 0.339. The summed E-state index contributed by atoms with van der Waals surface area (Å²) in [5.74, 6) is 1.74. The first-order chi connectivity index (χ1) is 6.79. The maximum Gasteiger partial charge on any atom is 0.171 e. The maximum atomic E-state index is 5.48. The number of rotatable bonds is 5. The van der Waals surface area contributed by atoms with E-state index < -0.39 is 0 Å². The van der Waals surface area contributed by atoms with E-state index in [1.54, 1.807) is 6.20 Å². The summed E-state index contributed by atoms with van der Waals surface area (Å²) in [5, 5.41) is 0.922. The number of anilines is 1. The highest BCUT2D eigenvalue weighted by Gasteiger charge is 2.07. The van der Waals surface area contributed by atoms with E-state index in [0.717, 1.165) is 23.4 Å². The predicted molar refractivity (Wildman–Crippen MR) is 62.5 cm³/mol. The Hall–Kier alpha value is -0.770. The van der Waals surface area contributed by atoms with Crippen LogP contribution in [-0.4, -0.2) is 30.5 Å². The summed E-state index contributed by atoms with van der Waals surface area (Å²) in [5.41, 5.74) is 0. The van der Waals surface area contributed by atoms with E-state index in [1.165, 1.54) is 0 Å². The number of alkyl halides is 1. The minimum absolute atomic E-state index is 0.668. The predicted octanol–water partition coefficient (Wildman–Crippen LogP) is 2.31. The quantitative estimate of drug-likeness (QED) is 0.759. The summed E-state index contributed by atoms with van der Waals surface area (Å²) in [6.45, 7) is 3.55. The second-order valence-corrected chi connectivity index (χ2v) is 3.66. The second kappa shape index (κ2) is 5.86. The lowest BCUT2D eigenvalue weighted by Crippen LogP contribution is -2.21. The zero-order valence-corrected chi connectivity index (χ0v) is 10.1. The minimum atomic E-state index is 0.668. The van der Waals surface area contributed by atoms with Crippen LogP contribution in [0.15, 0.2) is 18.3 Å². The molecule has 1 aromatic heterocycles. The highest BCUT2D eigenvalue weighted by Crippen LogP contribution is 2.23. The summed E-state index contributed by atoms with van der Waals surface area (Å²) in [7, 11) is 2.01. The van der Waals surface area contributed by atoms with E-state index in [9.17, 15) is 0 Å². The van der Waals surface area contributed by atoms with Gasteiger partial charge in [-0.25, -0.2) is 4.98 Å². The molecule has 4 heteroatoms. The largest absolute Gasteiger partial charge is 0.490 e. The Morgan fingerprint density at radius 1 is 1.57 bits per heavy atom. The highest BCUT2D eigenvalue weighted by atomic mass is 79.9. The van der Waals surface area contributed by atoms with Crippen molar-refractivity contribution in [1.29, 1.82) is 0 Å². The van der Waals surface area contributed by atoms with Crippen molar-refractivity contribution in [2.24, 2.45) is 0 Å². The molecular weight excluding hydrogens is 244 g/mol. The van der Waals surface area contributed by atoms with E-state index in [2.05, 4.69) is 25.8 Å². The third-order valence-electron chi connectivity index (χ3n) is 1.83. The van der Waals surface area contributed by atoms with Crippen molar-refractivity contribution in [1.82, 2.24) is 4.98 Å². The van der Waals surface area contributed by atoms with E-state index in [4.69, 9.17) is 4.74 Å². The van der Waals surface area contributed by atoms with Crippen LogP contribution in [0.4, 0.5) is 5.82 Å². The number of nitrogens with zero attached hydrogens (tertiary/aromatic N) is 2. The number of hydrogen-bond acceptors (Lipinski definition) is 3. The first-order valence-corrected chi connectivity index (χ1v) is 5.76. The number of halogens is 1. The van der Waals surface area contributed by atoms with Crippen LogP contribution >= 0.6 is 15.9 Å². The van der Waals surface area contributed by atoms with Crippen molar-refractivity contribution in [2.45, 2.75) is 6.92 Å². The molecule has 3 nitrogen and oxygen atoms in total. The zero-order chi connectivity index (χ0) is 10.4. The van der Waals surface area contributed by atoms with Gasteiger partial charge in [0.05, 0.1) is 6.61 Å². The van der Waals surface area contributed by atoms with Gasteiger partial charge in [-0.15, -0.1) is 0 Å². The van der Waals surface area contributed by atoms with E-state index in [-0.39, 0.29) is 0 Å². The van der Waals surface area contributed by atoms with Gasteiger partial charge in [0.25, 0.3) is 0 Å². The van der Waals surface area contributed by atoms with Gasteiger partial charge in [-0.3, -0.25) is 0 Å². The van der Waals surface area contributed by atoms with Crippen LogP contribution in [0.5, 0.6) is 5.75 Å². The molecule has 1 heterocycles.